The van der Waals surface area contributed by atoms with Gasteiger partial charge in [0, 0.05) is 11.5 Å². The predicted molar refractivity (Wildman–Crippen MR) is 38.8 cm³/mol. The fourth-order valence-corrected chi connectivity index (χ4v) is 0.908. The van der Waals surface area contributed by atoms with Crippen LogP contribution >= 0.6 is 0 Å². The fourth-order valence-electron chi connectivity index (χ4n) is 0.908. The molecular formula is C7H4N2O3. The number of aromatic nitrogens is 2. The second kappa shape index (κ2) is 2.30. The first kappa shape index (κ1) is 6.78. The minimum atomic E-state index is -1.09. The second-order valence-electron chi connectivity index (χ2n) is 2.22. The van der Waals surface area contributed by atoms with Crippen LogP contribution in [0.3, 0.4) is 0 Å². The number of furan rings is 1. The Kier molecular flexibility index (Phi) is 1.30. The Hall–Kier alpha value is -1.91. The van der Waals surface area contributed by atoms with Crippen molar-refractivity contribution in [1.29, 1.82) is 0 Å². The van der Waals surface area contributed by atoms with Crippen molar-refractivity contribution in [2.45, 2.75) is 0 Å². The summed E-state index contributed by atoms with van der Waals surface area (Å²) in [4.78, 5) is 10.4. The highest BCUT2D eigenvalue weighted by molar-refractivity contribution is 5.90. The van der Waals surface area contributed by atoms with Crippen molar-refractivity contribution in [2.24, 2.45) is 0 Å². The molecule has 0 spiro atoms. The molecule has 5 heteroatoms. The van der Waals surface area contributed by atoms with Crippen LogP contribution < -0.4 is 0 Å². The number of aromatic carboxylic acids is 1. The quantitative estimate of drug-likeness (QED) is 0.678. The van der Waals surface area contributed by atoms with Crippen LogP contribution in [0.5, 0.6) is 0 Å². The molecule has 0 aliphatic rings. The van der Waals surface area contributed by atoms with Gasteiger partial charge in [-0.3, -0.25) is 0 Å². The summed E-state index contributed by atoms with van der Waals surface area (Å²) in [5.41, 5.74) is 0.433. The van der Waals surface area contributed by atoms with Gasteiger partial charge >= 0.3 is 5.97 Å². The summed E-state index contributed by atoms with van der Waals surface area (Å²) in [6.45, 7) is 0. The van der Waals surface area contributed by atoms with Gasteiger partial charge in [0.1, 0.15) is 0 Å². The molecular weight excluding hydrogens is 160 g/mol. The number of carboxylic acid groups (broad SMARTS) is 1. The number of carboxylic acids is 1. The fraction of sp³-hybridized carbons (Fsp3) is 0. The monoisotopic (exact) mass is 164 g/mol. The molecule has 0 aliphatic carbocycles. The van der Waals surface area contributed by atoms with Gasteiger partial charge in [-0.2, -0.15) is 10.2 Å². The Morgan fingerprint density at radius 3 is 2.83 bits per heavy atom. The van der Waals surface area contributed by atoms with Gasteiger partial charge in [-0.25, -0.2) is 4.79 Å². The van der Waals surface area contributed by atoms with Crippen LogP contribution in [0.2, 0.25) is 0 Å². The number of fused-ring (bicyclic) bond motifs is 1. The highest BCUT2D eigenvalue weighted by Gasteiger charge is 2.09. The van der Waals surface area contributed by atoms with Crippen LogP contribution in [0, 0.1) is 0 Å². The molecule has 0 fully saturated rings. The molecule has 0 aliphatic heterocycles. The standard InChI is InChI=1S/C7H4N2O3/c10-7(11)5-1-4-2-8-9-3-6(4)12-5/h1-3H,(H,10,11). The topological polar surface area (TPSA) is 76.2 Å². The maximum atomic E-state index is 10.4. The number of hydrogen-bond donors (Lipinski definition) is 1. The molecule has 0 saturated carbocycles. The van der Waals surface area contributed by atoms with Crippen LogP contribution in [0.25, 0.3) is 11.0 Å². The van der Waals surface area contributed by atoms with E-state index in [1.54, 1.807) is 0 Å². The van der Waals surface area contributed by atoms with E-state index in [-0.39, 0.29) is 5.76 Å². The summed E-state index contributed by atoms with van der Waals surface area (Å²) in [6, 6.07) is 1.41. The first-order valence-corrected chi connectivity index (χ1v) is 3.21. The lowest BCUT2D eigenvalue weighted by Gasteiger charge is -1.82. The Labute approximate surface area is 66.6 Å². The largest absolute Gasteiger partial charge is 0.475 e. The summed E-state index contributed by atoms with van der Waals surface area (Å²) in [6.07, 6.45) is 2.83. The summed E-state index contributed by atoms with van der Waals surface area (Å²) < 4.78 is 4.93. The summed E-state index contributed by atoms with van der Waals surface area (Å²) in [7, 11) is 0. The van der Waals surface area contributed by atoms with E-state index in [9.17, 15) is 4.79 Å². The van der Waals surface area contributed by atoms with Gasteiger partial charge in [0.05, 0.1) is 12.4 Å². The second-order valence-corrected chi connectivity index (χ2v) is 2.22. The molecule has 60 valence electrons. The molecule has 0 saturated heterocycles. The Morgan fingerprint density at radius 2 is 2.17 bits per heavy atom. The van der Waals surface area contributed by atoms with E-state index in [4.69, 9.17) is 9.52 Å². The number of nitrogens with zero attached hydrogens (tertiary/aromatic N) is 2. The van der Waals surface area contributed by atoms with Crippen molar-refractivity contribution in [2.75, 3.05) is 0 Å². The molecule has 2 aromatic rings. The lowest BCUT2D eigenvalue weighted by Crippen LogP contribution is -1.91. The highest BCUT2D eigenvalue weighted by Crippen LogP contribution is 2.16. The van der Waals surface area contributed by atoms with Crippen LogP contribution in [-0.2, 0) is 0 Å². The molecule has 2 rings (SSSR count). The molecule has 2 heterocycles. The molecule has 0 amide bonds. The molecule has 0 aromatic carbocycles. The van der Waals surface area contributed by atoms with E-state index in [0.717, 1.165) is 0 Å². The number of rotatable bonds is 1. The minimum absolute atomic E-state index is 0.0974. The summed E-state index contributed by atoms with van der Waals surface area (Å²) >= 11 is 0. The zero-order valence-electron chi connectivity index (χ0n) is 5.89. The van der Waals surface area contributed by atoms with Crippen LogP contribution in [0.1, 0.15) is 10.6 Å². The zero-order chi connectivity index (χ0) is 8.55. The highest BCUT2D eigenvalue weighted by atomic mass is 16.4. The molecule has 0 unspecified atom stereocenters. The van der Waals surface area contributed by atoms with Gasteiger partial charge in [-0.15, -0.1) is 0 Å². The van der Waals surface area contributed by atoms with Crippen LogP contribution in [0.4, 0.5) is 0 Å². The first-order chi connectivity index (χ1) is 5.77. The molecule has 2 aromatic heterocycles. The van der Waals surface area contributed by atoms with Crippen molar-refractivity contribution in [1.82, 2.24) is 10.2 Å². The third kappa shape index (κ3) is 0.914. The molecule has 12 heavy (non-hydrogen) atoms. The third-order valence-corrected chi connectivity index (χ3v) is 1.44. The van der Waals surface area contributed by atoms with Gasteiger partial charge in [0.15, 0.2) is 5.58 Å². The van der Waals surface area contributed by atoms with Crippen LogP contribution in [-0.4, -0.2) is 21.3 Å². The minimum Gasteiger partial charge on any atom is -0.475 e. The van der Waals surface area contributed by atoms with Gasteiger partial charge in [-0.1, -0.05) is 0 Å². The Bertz CT molecular complexity index is 402. The molecule has 0 atom stereocenters. The van der Waals surface area contributed by atoms with Crippen molar-refractivity contribution < 1.29 is 14.3 Å². The lowest BCUT2D eigenvalue weighted by atomic mass is 10.3. The lowest BCUT2D eigenvalue weighted by molar-refractivity contribution is 0.0665. The van der Waals surface area contributed by atoms with E-state index < -0.39 is 5.97 Å². The van der Waals surface area contributed by atoms with Gasteiger partial charge < -0.3 is 9.52 Å². The number of carbonyl (C=O) groups is 1. The van der Waals surface area contributed by atoms with E-state index in [2.05, 4.69) is 10.2 Å². The Balaban J connectivity index is 2.70. The van der Waals surface area contributed by atoms with Crippen molar-refractivity contribution in [3.05, 3.63) is 24.2 Å². The van der Waals surface area contributed by atoms with Crippen molar-refractivity contribution in [3.63, 3.8) is 0 Å². The van der Waals surface area contributed by atoms with Crippen molar-refractivity contribution in [3.8, 4) is 0 Å². The van der Waals surface area contributed by atoms with Gasteiger partial charge in [0.25, 0.3) is 0 Å². The van der Waals surface area contributed by atoms with E-state index in [0.29, 0.717) is 11.0 Å². The van der Waals surface area contributed by atoms with E-state index in [1.165, 1.54) is 18.5 Å². The SMILES string of the molecule is O=C(O)c1cc2cnncc2o1. The first-order valence-electron chi connectivity index (χ1n) is 3.21. The normalized spacial score (nSPS) is 10.3. The van der Waals surface area contributed by atoms with Crippen molar-refractivity contribution >= 4 is 16.9 Å². The van der Waals surface area contributed by atoms with E-state index in [1.807, 2.05) is 0 Å². The smallest absolute Gasteiger partial charge is 0.371 e. The maximum absolute atomic E-state index is 10.4. The summed E-state index contributed by atoms with van der Waals surface area (Å²) in [5.74, 6) is -1.19. The molecule has 1 N–H and O–H groups in total. The molecule has 0 bridgehead atoms. The van der Waals surface area contributed by atoms with Gasteiger partial charge in [-0.05, 0) is 0 Å². The zero-order valence-corrected chi connectivity index (χ0v) is 5.89. The van der Waals surface area contributed by atoms with Gasteiger partial charge in [0.2, 0.25) is 5.76 Å². The summed E-state index contributed by atoms with van der Waals surface area (Å²) in [5, 5.41) is 16.3. The average molecular weight is 164 g/mol. The predicted octanol–water partition coefficient (Wildman–Crippen LogP) is 0.921. The Morgan fingerprint density at radius 1 is 1.42 bits per heavy atom. The molecule has 0 radical (unpaired) electrons. The average Bonchev–Trinajstić information content (AvgIpc) is 2.46. The van der Waals surface area contributed by atoms with E-state index >= 15 is 0 Å². The molecule has 5 nitrogen and oxygen atoms in total. The maximum Gasteiger partial charge on any atom is 0.371 e. The number of hydrogen-bond acceptors (Lipinski definition) is 4. The van der Waals surface area contributed by atoms with Crippen LogP contribution in [0.15, 0.2) is 22.9 Å². The third-order valence-electron chi connectivity index (χ3n) is 1.44.